The minimum Gasteiger partial charge on any atom is -0.396 e. The van der Waals surface area contributed by atoms with Gasteiger partial charge in [0.2, 0.25) is 0 Å². The van der Waals surface area contributed by atoms with Crippen molar-refractivity contribution in [3.63, 3.8) is 0 Å². The highest BCUT2D eigenvalue weighted by molar-refractivity contribution is 5.17. The van der Waals surface area contributed by atoms with Crippen LogP contribution < -0.4 is 5.73 Å². The third-order valence-electron chi connectivity index (χ3n) is 12.7. The van der Waals surface area contributed by atoms with Crippen LogP contribution in [-0.2, 0) is 0 Å². The summed E-state index contributed by atoms with van der Waals surface area (Å²) in [6, 6.07) is 0.112. The molecule has 0 heterocycles. The largest absolute Gasteiger partial charge is 0.396 e. The van der Waals surface area contributed by atoms with Gasteiger partial charge in [0, 0.05) is 18.1 Å². The smallest absolute Gasteiger partial charge is 0.0502 e. The van der Waals surface area contributed by atoms with E-state index in [9.17, 15) is 10.2 Å². The lowest BCUT2D eigenvalue weighted by atomic mass is 9.41. The van der Waals surface area contributed by atoms with E-state index in [1.165, 1.54) is 69.8 Å². The predicted molar refractivity (Wildman–Crippen MR) is 138 cm³/mol. The van der Waals surface area contributed by atoms with Crippen LogP contribution in [0.4, 0.5) is 0 Å². The molecule has 0 amide bonds. The van der Waals surface area contributed by atoms with Gasteiger partial charge in [-0.1, -0.05) is 46.3 Å². The van der Waals surface area contributed by atoms with E-state index >= 15 is 0 Å². The SMILES string of the molecule is C=C(C)C1CCC2(CO)CCC3(C)C(CCCC3(C)CCC3C(C)CCC(N)C3(C)CO)C12. The van der Waals surface area contributed by atoms with E-state index < -0.39 is 0 Å². The minimum absolute atomic E-state index is 0.112. The molecule has 4 saturated carbocycles. The molecule has 190 valence electrons. The third kappa shape index (κ3) is 3.78. The third-order valence-corrected chi connectivity index (χ3v) is 12.7. The van der Waals surface area contributed by atoms with E-state index in [0.717, 1.165) is 6.42 Å². The van der Waals surface area contributed by atoms with Crippen LogP contribution in [0.15, 0.2) is 12.2 Å². The van der Waals surface area contributed by atoms with Gasteiger partial charge in [-0.15, -0.1) is 0 Å². The molecule has 0 aromatic heterocycles. The van der Waals surface area contributed by atoms with Crippen molar-refractivity contribution in [3.05, 3.63) is 12.2 Å². The topological polar surface area (TPSA) is 66.5 Å². The lowest BCUT2D eigenvalue weighted by Gasteiger charge is -2.64. The number of fused-ring (bicyclic) bond motifs is 3. The van der Waals surface area contributed by atoms with Crippen LogP contribution >= 0.6 is 0 Å². The molecule has 4 fully saturated rings. The molecule has 10 atom stereocenters. The molecule has 4 N–H and O–H groups in total. The molecule has 0 radical (unpaired) electrons. The molecule has 0 bridgehead atoms. The molecule has 0 saturated heterocycles. The lowest BCUT2D eigenvalue weighted by molar-refractivity contribution is -0.155. The second-order valence-electron chi connectivity index (χ2n) is 14.0. The molecule has 33 heavy (non-hydrogen) atoms. The van der Waals surface area contributed by atoms with Crippen molar-refractivity contribution in [2.75, 3.05) is 13.2 Å². The second-order valence-corrected chi connectivity index (χ2v) is 14.0. The molecular formula is C30H53NO2. The maximum Gasteiger partial charge on any atom is 0.0502 e. The standard InChI is InChI=1S/C30H53NO2/c1-20(2)22-11-15-30(19-33)17-16-29(6)24(26(22)30)8-7-13-27(29,4)14-12-23-21(3)9-10-25(31)28(23,5)18-32/h21-26,32-33H,1,7-19,31H2,2-6H3. The molecule has 3 heteroatoms. The lowest BCUT2D eigenvalue weighted by Crippen LogP contribution is -2.57. The van der Waals surface area contributed by atoms with Gasteiger partial charge < -0.3 is 15.9 Å². The first-order valence-electron chi connectivity index (χ1n) is 14.1. The number of nitrogens with two attached hydrogens (primary N) is 1. The van der Waals surface area contributed by atoms with Gasteiger partial charge in [-0.05, 0) is 117 Å². The van der Waals surface area contributed by atoms with Crippen molar-refractivity contribution >= 4 is 0 Å². The minimum atomic E-state index is -0.155. The number of aliphatic hydroxyl groups is 2. The van der Waals surface area contributed by atoms with Crippen LogP contribution in [0.5, 0.6) is 0 Å². The van der Waals surface area contributed by atoms with Crippen molar-refractivity contribution < 1.29 is 10.2 Å². The van der Waals surface area contributed by atoms with E-state index in [1.807, 2.05) is 0 Å². The van der Waals surface area contributed by atoms with Gasteiger partial charge in [0.25, 0.3) is 0 Å². The van der Waals surface area contributed by atoms with Crippen LogP contribution in [0.25, 0.3) is 0 Å². The quantitative estimate of drug-likeness (QED) is 0.407. The number of rotatable bonds is 6. The summed E-state index contributed by atoms with van der Waals surface area (Å²) < 4.78 is 0. The molecule has 4 rings (SSSR count). The number of aliphatic hydroxyl groups excluding tert-OH is 2. The van der Waals surface area contributed by atoms with Crippen molar-refractivity contribution in [2.45, 2.75) is 111 Å². The Morgan fingerprint density at radius 3 is 2.33 bits per heavy atom. The molecule has 0 spiro atoms. The summed E-state index contributed by atoms with van der Waals surface area (Å²) in [5.74, 6) is 3.01. The van der Waals surface area contributed by atoms with Crippen molar-refractivity contribution in [1.82, 2.24) is 0 Å². The Morgan fingerprint density at radius 1 is 0.970 bits per heavy atom. The Balaban J connectivity index is 1.61. The molecule has 4 aliphatic carbocycles. The van der Waals surface area contributed by atoms with Gasteiger partial charge in [0.1, 0.15) is 0 Å². The molecule has 3 nitrogen and oxygen atoms in total. The molecule has 0 aliphatic heterocycles. The summed E-state index contributed by atoms with van der Waals surface area (Å²) in [7, 11) is 0. The zero-order valence-electron chi connectivity index (χ0n) is 22.3. The van der Waals surface area contributed by atoms with Gasteiger partial charge >= 0.3 is 0 Å². The number of allylic oxidation sites excluding steroid dienone is 1. The van der Waals surface area contributed by atoms with Crippen molar-refractivity contribution in [3.8, 4) is 0 Å². The van der Waals surface area contributed by atoms with Crippen molar-refractivity contribution in [2.24, 2.45) is 57.0 Å². The molecule has 0 aromatic carbocycles. The summed E-state index contributed by atoms with van der Waals surface area (Å²) in [5.41, 5.74) is 8.55. The Kier molecular flexibility index (Phi) is 6.96. The highest BCUT2D eigenvalue weighted by Crippen LogP contribution is 2.71. The molecule has 10 unspecified atom stereocenters. The average Bonchev–Trinajstić information content (AvgIpc) is 3.18. The fourth-order valence-corrected chi connectivity index (χ4v) is 10.00. The van der Waals surface area contributed by atoms with Crippen LogP contribution in [-0.4, -0.2) is 29.5 Å². The fourth-order valence-electron chi connectivity index (χ4n) is 10.00. The summed E-state index contributed by atoms with van der Waals surface area (Å²) in [6.45, 7) is 17.1. The summed E-state index contributed by atoms with van der Waals surface area (Å²) in [5, 5.41) is 21.0. The molecule has 4 aliphatic rings. The summed E-state index contributed by atoms with van der Waals surface area (Å²) in [4.78, 5) is 0. The Hall–Kier alpha value is -0.380. The zero-order chi connectivity index (χ0) is 24.2. The number of hydrogen-bond acceptors (Lipinski definition) is 3. The average molecular weight is 460 g/mol. The Bertz CT molecular complexity index is 737. The monoisotopic (exact) mass is 459 g/mol. The van der Waals surface area contributed by atoms with Crippen LogP contribution in [0.3, 0.4) is 0 Å². The zero-order valence-corrected chi connectivity index (χ0v) is 22.3. The maximum atomic E-state index is 10.6. The van der Waals surface area contributed by atoms with Crippen LogP contribution in [0.2, 0.25) is 0 Å². The van der Waals surface area contributed by atoms with Gasteiger partial charge in [-0.25, -0.2) is 0 Å². The highest BCUT2D eigenvalue weighted by Gasteiger charge is 2.63. The highest BCUT2D eigenvalue weighted by atomic mass is 16.3. The second kappa shape index (κ2) is 8.93. The normalized spacial score (nSPS) is 52.2. The van der Waals surface area contributed by atoms with E-state index in [2.05, 4.69) is 41.2 Å². The summed E-state index contributed by atoms with van der Waals surface area (Å²) >= 11 is 0. The maximum absolute atomic E-state index is 10.6. The van der Waals surface area contributed by atoms with Crippen molar-refractivity contribution in [1.29, 1.82) is 0 Å². The van der Waals surface area contributed by atoms with E-state index in [-0.39, 0.29) is 23.5 Å². The van der Waals surface area contributed by atoms with Gasteiger partial charge in [-0.2, -0.15) is 0 Å². The first kappa shape index (κ1) is 25.7. The fraction of sp³-hybridized carbons (Fsp3) is 0.933. The number of hydrogen-bond donors (Lipinski definition) is 3. The molecular weight excluding hydrogens is 406 g/mol. The van der Waals surface area contributed by atoms with Gasteiger partial charge in [0.15, 0.2) is 0 Å². The Labute approximate surface area is 204 Å². The van der Waals surface area contributed by atoms with Crippen LogP contribution in [0, 0.1) is 51.2 Å². The van der Waals surface area contributed by atoms with E-state index in [0.29, 0.717) is 47.0 Å². The van der Waals surface area contributed by atoms with Gasteiger partial charge in [0.05, 0.1) is 6.61 Å². The first-order chi connectivity index (χ1) is 15.5. The van der Waals surface area contributed by atoms with E-state index in [4.69, 9.17) is 5.73 Å². The predicted octanol–water partition coefficient (Wildman–Crippen LogP) is 6.33. The van der Waals surface area contributed by atoms with E-state index in [1.54, 1.807) is 0 Å². The molecule has 0 aromatic rings. The first-order valence-corrected chi connectivity index (χ1v) is 14.1. The van der Waals surface area contributed by atoms with Crippen LogP contribution in [0.1, 0.15) is 105 Å². The summed E-state index contributed by atoms with van der Waals surface area (Å²) in [6.07, 6.45) is 13.5. The van der Waals surface area contributed by atoms with Gasteiger partial charge in [-0.3, -0.25) is 0 Å². The Morgan fingerprint density at radius 2 is 1.70 bits per heavy atom.